The van der Waals surface area contributed by atoms with Crippen LogP contribution in [0.4, 0.5) is 0 Å². The molecular formula is C16H18O8. The number of aryl methyl sites for hydroxylation is 1. The fourth-order valence-corrected chi connectivity index (χ4v) is 2.57. The minimum Gasteiger partial charge on any atom is -0.462 e. The van der Waals surface area contributed by atoms with Crippen LogP contribution < -0.4 is 10.4 Å². The summed E-state index contributed by atoms with van der Waals surface area (Å²) in [4.78, 5) is 11.6. The number of aliphatic hydroxyl groups is 4. The van der Waals surface area contributed by atoms with Crippen LogP contribution in [0.3, 0.4) is 0 Å². The molecule has 2 heterocycles. The lowest BCUT2D eigenvalue weighted by Crippen LogP contribution is -2.60. The van der Waals surface area contributed by atoms with Crippen LogP contribution >= 0.6 is 0 Å². The standard InChI is InChI=1S/C16H18O8/c1-7-4-8-2-3-9(5-10(8)23-15(7)21)22-16-14(20)13(19)12(18)11(6-17)24-16/h2-5,11-14,16-20H,6H2,1H3/t11-,12-,13+,14+,16+/m1/s1. The largest absolute Gasteiger partial charge is 0.462 e. The first-order valence-corrected chi connectivity index (χ1v) is 7.42. The fourth-order valence-electron chi connectivity index (χ4n) is 2.57. The highest BCUT2D eigenvalue weighted by Crippen LogP contribution is 2.26. The van der Waals surface area contributed by atoms with Gasteiger partial charge in [-0.15, -0.1) is 0 Å². The lowest BCUT2D eigenvalue weighted by Gasteiger charge is -2.39. The smallest absolute Gasteiger partial charge is 0.339 e. The summed E-state index contributed by atoms with van der Waals surface area (Å²) in [5.41, 5.74) is 0.310. The molecule has 0 unspecified atom stereocenters. The van der Waals surface area contributed by atoms with Crippen molar-refractivity contribution in [2.24, 2.45) is 0 Å². The number of fused-ring (bicyclic) bond motifs is 1. The average Bonchev–Trinajstić information content (AvgIpc) is 2.56. The van der Waals surface area contributed by atoms with Gasteiger partial charge in [0.05, 0.1) is 6.61 Å². The molecule has 8 heteroatoms. The zero-order valence-corrected chi connectivity index (χ0v) is 12.8. The molecule has 1 aromatic heterocycles. The van der Waals surface area contributed by atoms with Gasteiger partial charge in [0.15, 0.2) is 0 Å². The third-order valence-electron chi connectivity index (χ3n) is 3.98. The zero-order valence-electron chi connectivity index (χ0n) is 12.8. The van der Waals surface area contributed by atoms with E-state index in [-0.39, 0.29) is 5.75 Å². The molecule has 1 saturated heterocycles. The average molecular weight is 338 g/mol. The van der Waals surface area contributed by atoms with E-state index in [4.69, 9.17) is 19.0 Å². The van der Waals surface area contributed by atoms with Crippen molar-refractivity contribution in [3.63, 3.8) is 0 Å². The Bertz CT molecular complexity index is 783. The van der Waals surface area contributed by atoms with Crippen molar-refractivity contribution in [1.29, 1.82) is 0 Å². The number of aliphatic hydroxyl groups excluding tert-OH is 4. The summed E-state index contributed by atoms with van der Waals surface area (Å²) < 4.78 is 15.9. The second-order valence-corrected chi connectivity index (χ2v) is 5.73. The highest BCUT2D eigenvalue weighted by atomic mass is 16.7. The van der Waals surface area contributed by atoms with Gasteiger partial charge < -0.3 is 34.3 Å². The molecule has 0 bridgehead atoms. The summed E-state index contributed by atoms with van der Waals surface area (Å²) in [5, 5.41) is 39.3. The molecule has 0 amide bonds. The molecule has 0 aliphatic carbocycles. The van der Waals surface area contributed by atoms with Gasteiger partial charge in [-0.25, -0.2) is 4.79 Å². The molecular weight excluding hydrogens is 320 g/mol. The van der Waals surface area contributed by atoms with Crippen LogP contribution in [0, 0.1) is 6.92 Å². The molecule has 2 aromatic rings. The maximum Gasteiger partial charge on any atom is 0.339 e. The summed E-state index contributed by atoms with van der Waals surface area (Å²) in [6.07, 6.45) is -6.85. The molecule has 4 N–H and O–H groups in total. The summed E-state index contributed by atoms with van der Waals surface area (Å²) in [6.45, 7) is 1.10. The second-order valence-electron chi connectivity index (χ2n) is 5.73. The molecule has 1 aliphatic rings. The van der Waals surface area contributed by atoms with Crippen molar-refractivity contribution >= 4 is 11.0 Å². The number of hydrogen-bond donors (Lipinski definition) is 4. The van der Waals surface area contributed by atoms with Crippen molar-refractivity contribution in [3.05, 3.63) is 40.2 Å². The predicted molar refractivity (Wildman–Crippen MR) is 81.6 cm³/mol. The van der Waals surface area contributed by atoms with Crippen molar-refractivity contribution in [3.8, 4) is 5.75 Å². The number of benzene rings is 1. The summed E-state index contributed by atoms with van der Waals surface area (Å²) >= 11 is 0. The van der Waals surface area contributed by atoms with E-state index >= 15 is 0 Å². The van der Waals surface area contributed by atoms with Gasteiger partial charge >= 0.3 is 5.63 Å². The molecule has 130 valence electrons. The van der Waals surface area contributed by atoms with Gasteiger partial charge in [-0.2, -0.15) is 0 Å². The maximum atomic E-state index is 11.6. The molecule has 1 fully saturated rings. The Morgan fingerprint density at radius 2 is 1.88 bits per heavy atom. The van der Waals surface area contributed by atoms with Gasteiger partial charge in [-0.1, -0.05) is 0 Å². The molecule has 0 saturated carbocycles. The van der Waals surface area contributed by atoms with Gasteiger partial charge in [0.2, 0.25) is 6.29 Å². The summed E-state index contributed by atoms with van der Waals surface area (Å²) in [7, 11) is 0. The minimum atomic E-state index is -1.53. The first kappa shape index (κ1) is 16.9. The van der Waals surface area contributed by atoms with Gasteiger partial charge in [0, 0.05) is 17.0 Å². The monoisotopic (exact) mass is 338 g/mol. The Morgan fingerprint density at radius 3 is 2.58 bits per heavy atom. The SMILES string of the molecule is Cc1cc2ccc(O[C@H]3O[C@H](CO)[C@@H](O)[C@H](O)[C@@H]3O)cc2oc1=O. The highest BCUT2D eigenvalue weighted by Gasteiger charge is 2.44. The van der Waals surface area contributed by atoms with Crippen molar-refractivity contribution in [2.75, 3.05) is 6.61 Å². The van der Waals surface area contributed by atoms with Crippen LogP contribution in [0.2, 0.25) is 0 Å². The predicted octanol–water partition coefficient (Wildman–Crippen LogP) is -0.720. The van der Waals surface area contributed by atoms with E-state index < -0.39 is 42.9 Å². The van der Waals surface area contributed by atoms with E-state index in [1.807, 2.05) is 0 Å². The van der Waals surface area contributed by atoms with Gasteiger partial charge in [0.25, 0.3) is 0 Å². The lowest BCUT2D eigenvalue weighted by atomic mass is 9.99. The molecule has 0 radical (unpaired) electrons. The maximum absolute atomic E-state index is 11.6. The first-order valence-electron chi connectivity index (χ1n) is 7.42. The molecule has 3 rings (SSSR count). The van der Waals surface area contributed by atoms with Crippen molar-refractivity contribution in [1.82, 2.24) is 0 Å². The van der Waals surface area contributed by atoms with Crippen LogP contribution in [0.5, 0.6) is 5.75 Å². The van der Waals surface area contributed by atoms with E-state index in [1.54, 1.807) is 25.1 Å². The Labute approximate surface area is 136 Å². The quantitative estimate of drug-likeness (QED) is 0.540. The second kappa shape index (κ2) is 6.50. The van der Waals surface area contributed by atoms with E-state index in [0.717, 1.165) is 0 Å². The number of rotatable bonds is 3. The lowest BCUT2D eigenvalue weighted by molar-refractivity contribution is -0.277. The molecule has 1 aromatic carbocycles. The molecule has 5 atom stereocenters. The van der Waals surface area contributed by atoms with Crippen LogP contribution in [0.25, 0.3) is 11.0 Å². The van der Waals surface area contributed by atoms with Crippen LogP contribution in [0.15, 0.2) is 33.5 Å². The Kier molecular flexibility index (Phi) is 4.57. The van der Waals surface area contributed by atoms with Crippen LogP contribution in [-0.4, -0.2) is 57.7 Å². The Hall–Kier alpha value is -1.97. The topological polar surface area (TPSA) is 130 Å². The minimum absolute atomic E-state index is 0.235. The van der Waals surface area contributed by atoms with Gasteiger partial charge in [-0.05, 0) is 25.1 Å². The summed E-state index contributed by atoms with van der Waals surface area (Å²) in [5.74, 6) is 0.235. The highest BCUT2D eigenvalue weighted by molar-refractivity contribution is 5.78. The van der Waals surface area contributed by atoms with E-state index in [1.165, 1.54) is 6.07 Å². The van der Waals surface area contributed by atoms with E-state index in [0.29, 0.717) is 16.5 Å². The molecule has 1 aliphatic heterocycles. The van der Waals surface area contributed by atoms with Gasteiger partial charge in [0.1, 0.15) is 35.7 Å². The number of ether oxygens (including phenoxy) is 2. The fraction of sp³-hybridized carbons (Fsp3) is 0.438. The normalized spacial score (nSPS) is 30.5. The zero-order chi connectivity index (χ0) is 17.4. The molecule has 8 nitrogen and oxygen atoms in total. The Morgan fingerprint density at radius 1 is 1.12 bits per heavy atom. The van der Waals surface area contributed by atoms with E-state index in [2.05, 4.69) is 0 Å². The van der Waals surface area contributed by atoms with Crippen molar-refractivity contribution in [2.45, 2.75) is 37.6 Å². The van der Waals surface area contributed by atoms with Crippen LogP contribution in [-0.2, 0) is 4.74 Å². The van der Waals surface area contributed by atoms with Crippen LogP contribution in [0.1, 0.15) is 5.56 Å². The third kappa shape index (κ3) is 3.02. The van der Waals surface area contributed by atoms with E-state index in [9.17, 15) is 20.1 Å². The molecule has 0 spiro atoms. The third-order valence-corrected chi connectivity index (χ3v) is 3.98. The number of hydrogen-bond acceptors (Lipinski definition) is 8. The first-order chi connectivity index (χ1) is 11.4. The Balaban J connectivity index is 1.86. The summed E-state index contributed by atoms with van der Waals surface area (Å²) in [6, 6.07) is 6.39. The molecule has 24 heavy (non-hydrogen) atoms. The van der Waals surface area contributed by atoms with Crippen molar-refractivity contribution < 1.29 is 34.3 Å². The van der Waals surface area contributed by atoms with Gasteiger partial charge in [-0.3, -0.25) is 0 Å².